The lowest BCUT2D eigenvalue weighted by atomic mass is 10.0. The predicted molar refractivity (Wildman–Crippen MR) is 76.1 cm³/mol. The van der Waals surface area contributed by atoms with Crippen LogP contribution in [0.25, 0.3) is 0 Å². The Morgan fingerprint density at radius 2 is 1.70 bits per heavy atom. The van der Waals surface area contributed by atoms with E-state index in [9.17, 15) is 8.42 Å². The summed E-state index contributed by atoms with van der Waals surface area (Å²) in [7, 11) is -3.58. The van der Waals surface area contributed by atoms with Gasteiger partial charge in [0.15, 0.2) is 0 Å². The molecule has 1 heterocycles. The molecule has 0 amide bonds. The maximum atomic E-state index is 12.1. The van der Waals surface area contributed by atoms with Crippen molar-refractivity contribution in [2.75, 3.05) is 12.0 Å². The molecule has 1 fully saturated rings. The van der Waals surface area contributed by atoms with Crippen LogP contribution >= 0.6 is 0 Å². The first-order chi connectivity index (χ1) is 9.13. The molecule has 0 bridgehead atoms. The molecule has 2 rings (SSSR count). The van der Waals surface area contributed by atoms with Crippen LogP contribution in [0.3, 0.4) is 0 Å². The standard InChI is InChI=1S/C12H21N5O2S/c1-11(2)9(12(11,3)4)7-16-20(18,19)8-5-14-10(17-13)15-6-8/h5-6,9,16H,7,13H2,1-4H3,(H,14,15,17). The number of nitrogen functional groups attached to an aromatic ring is 1. The highest BCUT2D eigenvalue weighted by Crippen LogP contribution is 2.67. The summed E-state index contributed by atoms with van der Waals surface area (Å²) in [4.78, 5) is 7.63. The molecule has 8 heteroatoms. The molecule has 0 atom stereocenters. The summed E-state index contributed by atoms with van der Waals surface area (Å²) < 4.78 is 26.9. The Balaban J connectivity index is 2.05. The number of sulfonamides is 1. The molecule has 4 N–H and O–H groups in total. The molecular weight excluding hydrogens is 278 g/mol. The number of rotatable bonds is 5. The number of hydrogen-bond acceptors (Lipinski definition) is 6. The van der Waals surface area contributed by atoms with Crippen LogP contribution in [0.2, 0.25) is 0 Å². The van der Waals surface area contributed by atoms with Crippen LogP contribution in [-0.4, -0.2) is 24.9 Å². The third kappa shape index (κ3) is 2.38. The van der Waals surface area contributed by atoms with E-state index >= 15 is 0 Å². The molecule has 0 aliphatic heterocycles. The summed E-state index contributed by atoms with van der Waals surface area (Å²) in [5, 5.41) is 0. The summed E-state index contributed by atoms with van der Waals surface area (Å²) in [6.45, 7) is 9.01. The first-order valence-corrected chi connectivity index (χ1v) is 7.89. The van der Waals surface area contributed by atoms with Gasteiger partial charge in [-0.2, -0.15) is 0 Å². The topological polar surface area (TPSA) is 110 Å². The average Bonchev–Trinajstić information content (AvgIpc) is 2.77. The van der Waals surface area contributed by atoms with E-state index in [2.05, 4.69) is 47.8 Å². The third-order valence-corrected chi connectivity index (χ3v) is 6.24. The van der Waals surface area contributed by atoms with Crippen LogP contribution in [-0.2, 0) is 10.0 Å². The van der Waals surface area contributed by atoms with E-state index in [0.717, 1.165) is 0 Å². The molecule has 1 aliphatic rings. The number of nitrogens with one attached hydrogen (secondary N) is 2. The van der Waals surface area contributed by atoms with Gasteiger partial charge in [-0.25, -0.2) is 29.0 Å². The number of hydrogen-bond donors (Lipinski definition) is 3. The summed E-state index contributed by atoms with van der Waals surface area (Å²) in [6.07, 6.45) is 2.46. The zero-order valence-corrected chi connectivity index (χ0v) is 13.0. The van der Waals surface area contributed by atoms with Gasteiger partial charge in [0.1, 0.15) is 4.90 Å². The largest absolute Gasteiger partial charge is 0.292 e. The van der Waals surface area contributed by atoms with E-state index in [1.54, 1.807) is 0 Å². The highest BCUT2D eigenvalue weighted by molar-refractivity contribution is 7.89. The number of aromatic nitrogens is 2. The maximum absolute atomic E-state index is 12.1. The summed E-state index contributed by atoms with van der Waals surface area (Å²) in [5.74, 6) is 5.63. The van der Waals surface area contributed by atoms with Crippen molar-refractivity contribution in [3.05, 3.63) is 12.4 Å². The lowest BCUT2D eigenvalue weighted by molar-refractivity contribution is 0.457. The van der Waals surface area contributed by atoms with Crippen LogP contribution in [0.15, 0.2) is 17.3 Å². The van der Waals surface area contributed by atoms with Crippen LogP contribution in [0, 0.1) is 16.7 Å². The van der Waals surface area contributed by atoms with Gasteiger partial charge in [0.25, 0.3) is 0 Å². The van der Waals surface area contributed by atoms with E-state index in [4.69, 9.17) is 5.84 Å². The second kappa shape index (κ2) is 4.64. The highest BCUT2D eigenvalue weighted by atomic mass is 32.2. The first kappa shape index (κ1) is 15.1. The summed E-state index contributed by atoms with van der Waals surface area (Å²) in [6, 6.07) is 0. The zero-order chi connectivity index (χ0) is 15.2. The fraction of sp³-hybridized carbons (Fsp3) is 0.667. The Labute approximate surface area is 119 Å². The van der Waals surface area contributed by atoms with E-state index < -0.39 is 10.0 Å². The second-order valence-corrected chi connectivity index (χ2v) is 8.00. The molecule has 0 spiro atoms. The molecule has 1 aromatic heterocycles. The predicted octanol–water partition coefficient (Wildman–Crippen LogP) is 0.723. The Kier molecular flexibility index (Phi) is 3.52. The minimum atomic E-state index is -3.58. The quantitative estimate of drug-likeness (QED) is 0.546. The van der Waals surface area contributed by atoms with Gasteiger partial charge in [-0.1, -0.05) is 27.7 Å². The van der Waals surface area contributed by atoms with Gasteiger partial charge in [-0.3, -0.25) is 5.43 Å². The molecule has 1 saturated carbocycles. The normalized spacial score (nSPS) is 20.6. The second-order valence-electron chi connectivity index (χ2n) is 6.23. The van der Waals surface area contributed by atoms with E-state index in [-0.39, 0.29) is 21.7 Å². The molecule has 112 valence electrons. The van der Waals surface area contributed by atoms with Crippen LogP contribution in [0.1, 0.15) is 27.7 Å². The minimum absolute atomic E-state index is 0.0350. The minimum Gasteiger partial charge on any atom is -0.292 e. The third-order valence-electron chi connectivity index (χ3n) is 4.86. The van der Waals surface area contributed by atoms with E-state index in [1.165, 1.54) is 12.4 Å². The van der Waals surface area contributed by atoms with Gasteiger partial charge in [0.05, 0.1) is 12.4 Å². The molecule has 7 nitrogen and oxygen atoms in total. The van der Waals surface area contributed by atoms with Crippen molar-refractivity contribution in [3.8, 4) is 0 Å². The van der Waals surface area contributed by atoms with E-state index in [0.29, 0.717) is 12.5 Å². The summed E-state index contributed by atoms with van der Waals surface area (Å²) >= 11 is 0. The number of anilines is 1. The summed E-state index contributed by atoms with van der Waals surface area (Å²) in [5.41, 5.74) is 2.53. The van der Waals surface area contributed by atoms with Crippen molar-refractivity contribution >= 4 is 16.0 Å². The van der Waals surface area contributed by atoms with Crippen LogP contribution in [0.4, 0.5) is 5.95 Å². The molecular formula is C12H21N5O2S. The Morgan fingerprint density at radius 1 is 1.20 bits per heavy atom. The van der Waals surface area contributed by atoms with Crippen molar-refractivity contribution in [1.82, 2.24) is 14.7 Å². The Morgan fingerprint density at radius 3 is 2.10 bits per heavy atom. The van der Waals surface area contributed by atoms with Crippen molar-refractivity contribution < 1.29 is 8.42 Å². The monoisotopic (exact) mass is 299 g/mol. The zero-order valence-electron chi connectivity index (χ0n) is 12.1. The maximum Gasteiger partial charge on any atom is 0.243 e. The molecule has 0 saturated heterocycles. The van der Waals surface area contributed by atoms with Gasteiger partial charge in [0.2, 0.25) is 16.0 Å². The van der Waals surface area contributed by atoms with Crippen molar-refractivity contribution in [2.24, 2.45) is 22.6 Å². The van der Waals surface area contributed by atoms with Gasteiger partial charge >= 0.3 is 0 Å². The molecule has 1 aromatic rings. The lowest BCUT2D eigenvalue weighted by Crippen LogP contribution is -2.27. The van der Waals surface area contributed by atoms with Crippen molar-refractivity contribution in [2.45, 2.75) is 32.6 Å². The number of nitrogens with zero attached hydrogens (tertiary/aromatic N) is 2. The van der Waals surface area contributed by atoms with Gasteiger partial charge in [-0.15, -0.1) is 0 Å². The molecule has 0 radical (unpaired) electrons. The lowest BCUT2D eigenvalue weighted by Gasteiger charge is -2.07. The van der Waals surface area contributed by atoms with Crippen LogP contribution in [0.5, 0.6) is 0 Å². The highest BCUT2D eigenvalue weighted by Gasteiger charge is 2.64. The molecule has 0 aromatic carbocycles. The molecule has 0 unspecified atom stereocenters. The molecule has 20 heavy (non-hydrogen) atoms. The average molecular weight is 299 g/mol. The van der Waals surface area contributed by atoms with Gasteiger partial charge in [0, 0.05) is 6.54 Å². The van der Waals surface area contributed by atoms with Gasteiger partial charge < -0.3 is 0 Å². The fourth-order valence-corrected chi connectivity index (χ4v) is 3.59. The Hall–Kier alpha value is -1.25. The first-order valence-electron chi connectivity index (χ1n) is 6.41. The van der Waals surface area contributed by atoms with Crippen molar-refractivity contribution in [3.63, 3.8) is 0 Å². The SMILES string of the molecule is CC1(C)C(CNS(=O)(=O)c2cnc(NN)nc2)C1(C)C. The van der Waals surface area contributed by atoms with Crippen LogP contribution < -0.4 is 16.0 Å². The number of nitrogens with two attached hydrogens (primary N) is 1. The van der Waals surface area contributed by atoms with Gasteiger partial charge in [-0.05, 0) is 16.7 Å². The van der Waals surface area contributed by atoms with Crippen molar-refractivity contribution in [1.29, 1.82) is 0 Å². The fourth-order valence-electron chi connectivity index (χ4n) is 2.65. The smallest absolute Gasteiger partial charge is 0.243 e. The van der Waals surface area contributed by atoms with E-state index in [1.807, 2.05) is 0 Å². The number of hydrazine groups is 1. The molecule has 1 aliphatic carbocycles. The Bertz CT molecular complexity index is 581.